The van der Waals surface area contributed by atoms with Gasteiger partial charge in [-0.15, -0.1) is 24.2 Å². The molecule has 0 bridgehead atoms. The quantitative estimate of drug-likeness (QED) is 0.801. The van der Waals surface area contributed by atoms with Crippen molar-refractivity contribution in [2.75, 3.05) is 18.1 Å². The molecular formula is C18H20ClFN2OS. The van der Waals surface area contributed by atoms with E-state index in [2.05, 4.69) is 10.6 Å². The summed E-state index contributed by atoms with van der Waals surface area (Å²) < 4.78 is 14.6. The fourth-order valence-electron chi connectivity index (χ4n) is 2.79. The van der Waals surface area contributed by atoms with Crippen molar-refractivity contribution in [1.82, 2.24) is 5.32 Å². The van der Waals surface area contributed by atoms with Gasteiger partial charge in [0.1, 0.15) is 5.82 Å². The molecule has 1 aliphatic rings. The average molecular weight is 367 g/mol. The lowest BCUT2D eigenvalue weighted by Crippen LogP contribution is -2.25. The SMILES string of the molecule is CSc1ccc(C)c(C(=O)Nc2ccc3c(c2F)CCNC3)c1.Cl. The Morgan fingerprint density at radius 2 is 2.08 bits per heavy atom. The highest BCUT2D eigenvalue weighted by Gasteiger charge is 2.18. The molecule has 0 radical (unpaired) electrons. The smallest absolute Gasteiger partial charge is 0.256 e. The molecule has 2 aromatic carbocycles. The van der Waals surface area contributed by atoms with E-state index < -0.39 is 0 Å². The van der Waals surface area contributed by atoms with Crippen molar-refractivity contribution in [2.24, 2.45) is 0 Å². The van der Waals surface area contributed by atoms with Crippen LogP contribution in [-0.4, -0.2) is 18.7 Å². The van der Waals surface area contributed by atoms with Crippen LogP contribution in [0.3, 0.4) is 0 Å². The van der Waals surface area contributed by atoms with Gasteiger partial charge in [0.2, 0.25) is 0 Å². The zero-order chi connectivity index (χ0) is 16.4. The summed E-state index contributed by atoms with van der Waals surface area (Å²) in [5.41, 5.74) is 3.38. The summed E-state index contributed by atoms with van der Waals surface area (Å²) >= 11 is 1.58. The number of nitrogens with one attached hydrogen (secondary N) is 2. The van der Waals surface area contributed by atoms with Gasteiger partial charge in [-0.25, -0.2) is 4.39 Å². The Hall–Kier alpha value is -1.56. The standard InChI is InChI=1S/C18H19FN2OS.ClH/c1-11-3-5-13(23-2)9-15(11)18(22)21-16-6-4-12-10-20-8-7-14(12)17(16)19;/h3-6,9,20H,7-8,10H2,1-2H3,(H,21,22);1H. The second-order valence-electron chi connectivity index (χ2n) is 5.63. The minimum Gasteiger partial charge on any atom is -0.319 e. The number of hydrogen-bond acceptors (Lipinski definition) is 3. The Morgan fingerprint density at radius 3 is 2.83 bits per heavy atom. The van der Waals surface area contributed by atoms with E-state index in [1.165, 1.54) is 0 Å². The van der Waals surface area contributed by atoms with Crippen molar-refractivity contribution in [1.29, 1.82) is 0 Å². The van der Waals surface area contributed by atoms with Crippen LogP contribution < -0.4 is 10.6 Å². The number of hydrogen-bond donors (Lipinski definition) is 2. The first-order chi connectivity index (χ1) is 11.1. The van der Waals surface area contributed by atoms with Gasteiger partial charge < -0.3 is 10.6 Å². The molecule has 0 fully saturated rings. The summed E-state index contributed by atoms with van der Waals surface area (Å²) in [6.07, 6.45) is 2.61. The first-order valence-electron chi connectivity index (χ1n) is 7.57. The van der Waals surface area contributed by atoms with Crippen molar-refractivity contribution in [3.05, 3.63) is 58.4 Å². The van der Waals surface area contributed by atoms with Crippen molar-refractivity contribution < 1.29 is 9.18 Å². The minimum atomic E-state index is -0.309. The highest BCUT2D eigenvalue weighted by Crippen LogP contribution is 2.26. The predicted octanol–water partition coefficient (Wildman–Crippen LogP) is 4.18. The normalized spacial score (nSPS) is 13.0. The molecule has 0 spiro atoms. The van der Waals surface area contributed by atoms with Crippen LogP contribution in [0.5, 0.6) is 0 Å². The summed E-state index contributed by atoms with van der Waals surface area (Å²) in [7, 11) is 0. The van der Waals surface area contributed by atoms with Crippen LogP contribution in [0, 0.1) is 12.7 Å². The molecule has 1 aliphatic heterocycles. The van der Waals surface area contributed by atoms with Gasteiger partial charge in [-0.1, -0.05) is 12.1 Å². The highest BCUT2D eigenvalue weighted by molar-refractivity contribution is 7.98. The first kappa shape index (κ1) is 18.8. The zero-order valence-corrected chi connectivity index (χ0v) is 15.2. The number of benzene rings is 2. The van der Waals surface area contributed by atoms with E-state index in [-0.39, 0.29) is 29.8 Å². The van der Waals surface area contributed by atoms with E-state index in [1.54, 1.807) is 17.8 Å². The maximum absolute atomic E-state index is 14.6. The summed E-state index contributed by atoms with van der Waals surface area (Å²) in [5.74, 6) is -0.581. The monoisotopic (exact) mass is 366 g/mol. The number of rotatable bonds is 3. The van der Waals surface area contributed by atoms with E-state index >= 15 is 0 Å². The lowest BCUT2D eigenvalue weighted by molar-refractivity contribution is 0.102. The molecule has 6 heteroatoms. The molecule has 0 atom stereocenters. The van der Waals surface area contributed by atoms with Crippen LogP contribution in [0.1, 0.15) is 27.0 Å². The minimum absolute atomic E-state index is 0. The summed E-state index contributed by atoms with van der Waals surface area (Å²) in [6.45, 7) is 3.32. The molecule has 24 heavy (non-hydrogen) atoms. The maximum atomic E-state index is 14.6. The number of carbonyl (C=O) groups excluding carboxylic acids is 1. The van der Waals surface area contributed by atoms with Crippen LogP contribution in [0.25, 0.3) is 0 Å². The molecule has 2 N–H and O–H groups in total. The van der Waals surface area contributed by atoms with Crippen molar-refractivity contribution in [3.63, 3.8) is 0 Å². The average Bonchev–Trinajstić information content (AvgIpc) is 2.58. The third-order valence-corrected chi connectivity index (χ3v) is 4.87. The van der Waals surface area contributed by atoms with Gasteiger partial charge in [0.25, 0.3) is 5.91 Å². The molecule has 128 valence electrons. The van der Waals surface area contributed by atoms with Crippen molar-refractivity contribution in [3.8, 4) is 0 Å². The molecule has 0 saturated heterocycles. The molecule has 3 nitrogen and oxygen atoms in total. The molecule has 0 aliphatic carbocycles. The van der Waals surface area contributed by atoms with Crippen LogP contribution in [0.2, 0.25) is 0 Å². The molecule has 0 aromatic heterocycles. The molecule has 2 aromatic rings. The molecule has 3 rings (SSSR count). The van der Waals surface area contributed by atoms with Crippen molar-refractivity contribution >= 4 is 35.8 Å². The maximum Gasteiger partial charge on any atom is 0.256 e. The van der Waals surface area contributed by atoms with Crippen molar-refractivity contribution in [2.45, 2.75) is 24.8 Å². The van der Waals surface area contributed by atoms with Gasteiger partial charge in [-0.2, -0.15) is 0 Å². The Bertz CT molecular complexity index is 767. The second-order valence-corrected chi connectivity index (χ2v) is 6.51. The number of amides is 1. The number of carbonyl (C=O) groups is 1. The Labute approximate surface area is 151 Å². The third kappa shape index (κ3) is 3.74. The number of halogens is 2. The Morgan fingerprint density at radius 1 is 1.29 bits per heavy atom. The zero-order valence-electron chi connectivity index (χ0n) is 13.6. The van der Waals surface area contributed by atoms with Crippen LogP contribution >= 0.6 is 24.2 Å². The van der Waals surface area contributed by atoms with Gasteiger partial charge in [-0.05, 0) is 61.0 Å². The van der Waals surface area contributed by atoms with E-state index in [0.717, 1.165) is 22.6 Å². The van der Waals surface area contributed by atoms with Gasteiger partial charge in [-0.3, -0.25) is 4.79 Å². The number of fused-ring (bicyclic) bond motifs is 1. The number of aryl methyl sites for hydroxylation is 1. The first-order valence-corrected chi connectivity index (χ1v) is 8.79. The predicted molar refractivity (Wildman–Crippen MR) is 100.0 cm³/mol. The van der Waals surface area contributed by atoms with Crippen LogP contribution in [0.15, 0.2) is 35.2 Å². The largest absolute Gasteiger partial charge is 0.319 e. The fourth-order valence-corrected chi connectivity index (χ4v) is 3.23. The van der Waals surface area contributed by atoms with Gasteiger partial charge >= 0.3 is 0 Å². The van der Waals surface area contributed by atoms with E-state index in [9.17, 15) is 9.18 Å². The second kappa shape index (κ2) is 8.01. The molecule has 1 amide bonds. The van der Waals surface area contributed by atoms with Crippen LogP contribution in [0.4, 0.5) is 10.1 Å². The van der Waals surface area contributed by atoms with Gasteiger partial charge in [0.15, 0.2) is 0 Å². The summed E-state index contributed by atoms with van der Waals surface area (Å²) in [6, 6.07) is 9.26. The fraction of sp³-hybridized carbons (Fsp3) is 0.278. The molecular weight excluding hydrogens is 347 g/mol. The van der Waals surface area contributed by atoms with E-state index in [1.807, 2.05) is 37.4 Å². The number of anilines is 1. The van der Waals surface area contributed by atoms with E-state index in [4.69, 9.17) is 0 Å². The molecule has 0 unspecified atom stereocenters. The number of thioether (sulfide) groups is 1. The summed E-state index contributed by atoms with van der Waals surface area (Å²) in [4.78, 5) is 13.5. The lowest BCUT2D eigenvalue weighted by atomic mass is 9.99. The highest BCUT2D eigenvalue weighted by atomic mass is 35.5. The Kier molecular flexibility index (Phi) is 6.27. The van der Waals surface area contributed by atoms with Gasteiger partial charge in [0, 0.05) is 17.0 Å². The lowest BCUT2D eigenvalue weighted by Gasteiger charge is -2.19. The molecule has 1 heterocycles. The topological polar surface area (TPSA) is 41.1 Å². The van der Waals surface area contributed by atoms with E-state index in [0.29, 0.717) is 24.1 Å². The third-order valence-electron chi connectivity index (χ3n) is 4.15. The summed E-state index contributed by atoms with van der Waals surface area (Å²) in [5, 5.41) is 5.94. The molecule has 0 saturated carbocycles. The van der Waals surface area contributed by atoms with Gasteiger partial charge in [0.05, 0.1) is 5.69 Å². The Balaban J connectivity index is 0.00000208. The van der Waals surface area contributed by atoms with Crippen LogP contribution in [-0.2, 0) is 13.0 Å².